The van der Waals surface area contributed by atoms with Gasteiger partial charge in [-0.05, 0) is 20.6 Å². The monoisotopic (exact) mass is 126 g/mol. The minimum absolute atomic E-state index is 0.764. The summed E-state index contributed by atoms with van der Waals surface area (Å²) in [5.74, 6) is 0.764. The van der Waals surface area contributed by atoms with E-state index < -0.39 is 0 Å². The molecule has 0 atom stereocenters. The second-order valence-electron chi connectivity index (χ2n) is 1.75. The fourth-order valence-electron chi connectivity index (χ4n) is 0.689. The predicted molar refractivity (Wildman–Crippen MR) is 41.6 cm³/mol. The van der Waals surface area contributed by atoms with Gasteiger partial charge in [0.15, 0.2) is 0 Å². The maximum atomic E-state index is 3.71. The van der Waals surface area contributed by atoms with Crippen LogP contribution in [0.5, 0.6) is 0 Å². The first-order valence-corrected chi connectivity index (χ1v) is 3.16. The van der Waals surface area contributed by atoms with Gasteiger partial charge in [0.25, 0.3) is 0 Å². The number of rotatable bonds is 4. The van der Waals surface area contributed by atoms with E-state index in [1.54, 1.807) is 0 Å². The first kappa shape index (κ1) is 8.21. The first-order chi connectivity index (χ1) is 4.26. The minimum Gasteiger partial charge on any atom is -0.358 e. The Bertz CT molecular complexity index is 103. The van der Waals surface area contributed by atoms with Crippen molar-refractivity contribution in [3.8, 4) is 0 Å². The molecule has 0 aromatic heterocycles. The number of aliphatic imine (C=N–C) groups is 1. The Morgan fingerprint density at radius 3 is 2.00 bits per heavy atom. The molecule has 9 heavy (non-hydrogen) atoms. The highest BCUT2D eigenvalue weighted by Gasteiger charge is 1.96. The lowest BCUT2D eigenvalue weighted by Gasteiger charge is -2.18. The molecule has 0 rings (SSSR count). The van der Waals surface area contributed by atoms with Gasteiger partial charge in [-0.2, -0.15) is 0 Å². The zero-order valence-electron chi connectivity index (χ0n) is 6.22. The molecule has 0 saturated heterocycles. The average molecular weight is 126 g/mol. The largest absolute Gasteiger partial charge is 0.358 e. The van der Waals surface area contributed by atoms with Crippen molar-refractivity contribution >= 4 is 6.72 Å². The van der Waals surface area contributed by atoms with Gasteiger partial charge in [0.05, 0.1) is 0 Å². The summed E-state index contributed by atoms with van der Waals surface area (Å²) in [5, 5.41) is 0. The van der Waals surface area contributed by atoms with Gasteiger partial charge in [-0.1, -0.05) is 6.58 Å². The van der Waals surface area contributed by atoms with Crippen LogP contribution in [0.15, 0.2) is 17.4 Å². The average Bonchev–Trinajstić information content (AvgIpc) is 1.90. The molecule has 0 aromatic rings. The maximum absolute atomic E-state index is 3.71. The van der Waals surface area contributed by atoms with Crippen LogP contribution in [0.3, 0.4) is 0 Å². The zero-order valence-corrected chi connectivity index (χ0v) is 6.22. The van der Waals surface area contributed by atoms with Gasteiger partial charge >= 0.3 is 0 Å². The Labute approximate surface area is 56.9 Å². The molecular formula is C7H14N2. The SMILES string of the molecule is C=NC(=C)N(CC)CC. The van der Waals surface area contributed by atoms with E-state index in [2.05, 4.69) is 32.1 Å². The number of nitrogens with zero attached hydrogens (tertiary/aromatic N) is 2. The molecule has 52 valence electrons. The van der Waals surface area contributed by atoms with Crippen LogP contribution in [0.1, 0.15) is 13.8 Å². The van der Waals surface area contributed by atoms with Crippen LogP contribution in [-0.2, 0) is 0 Å². The summed E-state index contributed by atoms with van der Waals surface area (Å²) in [7, 11) is 0. The van der Waals surface area contributed by atoms with E-state index in [1.807, 2.05) is 4.90 Å². The van der Waals surface area contributed by atoms with Crippen molar-refractivity contribution in [1.29, 1.82) is 0 Å². The fourth-order valence-corrected chi connectivity index (χ4v) is 0.689. The molecule has 0 fully saturated rings. The van der Waals surface area contributed by atoms with Crippen molar-refractivity contribution in [2.75, 3.05) is 13.1 Å². The van der Waals surface area contributed by atoms with E-state index in [0.717, 1.165) is 18.9 Å². The Morgan fingerprint density at radius 2 is 1.89 bits per heavy atom. The summed E-state index contributed by atoms with van der Waals surface area (Å²) in [6.07, 6.45) is 0. The molecule has 0 aliphatic carbocycles. The van der Waals surface area contributed by atoms with Crippen molar-refractivity contribution in [1.82, 2.24) is 4.90 Å². The second-order valence-corrected chi connectivity index (χ2v) is 1.75. The lowest BCUT2D eigenvalue weighted by Crippen LogP contribution is -2.20. The van der Waals surface area contributed by atoms with Gasteiger partial charge in [0.2, 0.25) is 0 Å². The maximum Gasteiger partial charge on any atom is 0.120 e. The molecule has 0 radical (unpaired) electrons. The van der Waals surface area contributed by atoms with Crippen LogP contribution in [0.4, 0.5) is 0 Å². The molecule has 0 saturated carbocycles. The lowest BCUT2D eigenvalue weighted by molar-refractivity contribution is 0.381. The highest BCUT2D eigenvalue weighted by molar-refractivity contribution is 5.27. The van der Waals surface area contributed by atoms with Crippen LogP contribution in [-0.4, -0.2) is 24.7 Å². The van der Waals surface area contributed by atoms with Crippen LogP contribution in [0.2, 0.25) is 0 Å². The van der Waals surface area contributed by atoms with Gasteiger partial charge in [0.1, 0.15) is 5.82 Å². The van der Waals surface area contributed by atoms with Crippen LogP contribution in [0, 0.1) is 0 Å². The van der Waals surface area contributed by atoms with Gasteiger partial charge in [0, 0.05) is 13.1 Å². The molecule has 2 nitrogen and oxygen atoms in total. The third-order valence-corrected chi connectivity index (χ3v) is 1.31. The third kappa shape index (κ3) is 2.31. The second kappa shape index (κ2) is 4.13. The van der Waals surface area contributed by atoms with E-state index in [0.29, 0.717) is 0 Å². The molecule has 0 aromatic carbocycles. The van der Waals surface area contributed by atoms with E-state index >= 15 is 0 Å². The molecule has 0 amide bonds. The normalized spacial score (nSPS) is 8.67. The van der Waals surface area contributed by atoms with Gasteiger partial charge in [-0.3, -0.25) is 0 Å². The Hall–Kier alpha value is -0.790. The molecule has 0 aliphatic rings. The van der Waals surface area contributed by atoms with E-state index in [4.69, 9.17) is 0 Å². The molecule has 0 bridgehead atoms. The molecular weight excluding hydrogens is 112 g/mol. The number of hydrogen-bond donors (Lipinski definition) is 0. The molecule has 0 N–H and O–H groups in total. The van der Waals surface area contributed by atoms with Crippen LogP contribution < -0.4 is 0 Å². The predicted octanol–water partition coefficient (Wildman–Crippen LogP) is 1.50. The molecule has 2 heteroatoms. The van der Waals surface area contributed by atoms with Gasteiger partial charge < -0.3 is 4.90 Å². The first-order valence-electron chi connectivity index (χ1n) is 3.16. The summed E-state index contributed by atoms with van der Waals surface area (Å²) in [4.78, 5) is 5.76. The van der Waals surface area contributed by atoms with Gasteiger partial charge in [-0.25, -0.2) is 4.99 Å². The fraction of sp³-hybridized carbons (Fsp3) is 0.571. The topological polar surface area (TPSA) is 15.6 Å². The Balaban J connectivity index is 3.78. The smallest absolute Gasteiger partial charge is 0.120 e. The third-order valence-electron chi connectivity index (χ3n) is 1.31. The molecule has 0 aliphatic heterocycles. The quantitative estimate of drug-likeness (QED) is 0.521. The van der Waals surface area contributed by atoms with E-state index in [-0.39, 0.29) is 0 Å². The highest BCUT2D eigenvalue weighted by atomic mass is 15.2. The summed E-state index contributed by atoms with van der Waals surface area (Å²) in [5.41, 5.74) is 0. The summed E-state index contributed by atoms with van der Waals surface area (Å²) < 4.78 is 0. The van der Waals surface area contributed by atoms with Gasteiger partial charge in [-0.15, -0.1) is 0 Å². The van der Waals surface area contributed by atoms with E-state index in [1.165, 1.54) is 0 Å². The minimum atomic E-state index is 0.764. The standard InChI is InChI=1S/C7H14N2/c1-5-9(6-2)7(3)8-4/h3-6H2,1-2H3. The Kier molecular flexibility index (Phi) is 3.76. The lowest BCUT2D eigenvalue weighted by atomic mass is 10.5. The van der Waals surface area contributed by atoms with Crippen LogP contribution >= 0.6 is 0 Å². The highest BCUT2D eigenvalue weighted by Crippen LogP contribution is 1.99. The Morgan fingerprint density at radius 1 is 1.44 bits per heavy atom. The van der Waals surface area contributed by atoms with Crippen molar-refractivity contribution in [2.45, 2.75) is 13.8 Å². The summed E-state index contributed by atoms with van der Waals surface area (Å²) >= 11 is 0. The van der Waals surface area contributed by atoms with Crippen molar-refractivity contribution in [2.24, 2.45) is 4.99 Å². The van der Waals surface area contributed by atoms with Crippen molar-refractivity contribution < 1.29 is 0 Å². The number of hydrogen-bond acceptors (Lipinski definition) is 2. The van der Waals surface area contributed by atoms with Crippen LogP contribution in [0.25, 0.3) is 0 Å². The summed E-state index contributed by atoms with van der Waals surface area (Å²) in [6.45, 7) is 13.1. The molecule has 0 heterocycles. The zero-order chi connectivity index (χ0) is 7.28. The van der Waals surface area contributed by atoms with E-state index in [9.17, 15) is 0 Å². The molecule has 0 unspecified atom stereocenters. The molecule has 0 spiro atoms. The summed E-state index contributed by atoms with van der Waals surface area (Å²) in [6, 6.07) is 0. The van der Waals surface area contributed by atoms with Crippen molar-refractivity contribution in [3.63, 3.8) is 0 Å². The van der Waals surface area contributed by atoms with Crippen molar-refractivity contribution in [3.05, 3.63) is 12.4 Å².